The van der Waals surface area contributed by atoms with E-state index in [-0.39, 0.29) is 0 Å². The van der Waals surface area contributed by atoms with Crippen molar-refractivity contribution in [2.24, 2.45) is 0 Å². The van der Waals surface area contributed by atoms with Crippen LogP contribution in [0.5, 0.6) is 0 Å². The van der Waals surface area contributed by atoms with Crippen molar-refractivity contribution in [3.05, 3.63) is 29.3 Å². The van der Waals surface area contributed by atoms with Gasteiger partial charge in [-0.25, -0.2) is 0 Å². The van der Waals surface area contributed by atoms with Crippen LogP contribution in [0.2, 0.25) is 0 Å². The van der Waals surface area contributed by atoms with Gasteiger partial charge in [-0.05, 0) is 40.7 Å². The first-order chi connectivity index (χ1) is 9.63. The minimum atomic E-state index is 0.325. The molecule has 6 heteroatoms. The van der Waals surface area contributed by atoms with Crippen molar-refractivity contribution in [2.75, 3.05) is 6.54 Å². The molecule has 0 saturated heterocycles. The van der Waals surface area contributed by atoms with E-state index in [0.29, 0.717) is 6.04 Å². The Morgan fingerprint density at radius 2 is 2.15 bits per heavy atom. The predicted octanol–water partition coefficient (Wildman–Crippen LogP) is 1.85. The molecule has 0 amide bonds. The van der Waals surface area contributed by atoms with Gasteiger partial charge in [0.2, 0.25) is 0 Å². The van der Waals surface area contributed by atoms with Crippen LogP contribution in [-0.4, -0.2) is 31.3 Å². The van der Waals surface area contributed by atoms with Crippen LogP contribution in [0.3, 0.4) is 0 Å². The summed E-state index contributed by atoms with van der Waals surface area (Å²) in [6.07, 6.45) is 4.64. The van der Waals surface area contributed by atoms with Crippen molar-refractivity contribution in [2.45, 2.75) is 53.2 Å². The van der Waals surface area contributed by atoms with Crippen molar-refractivity contribution in [3.63, 3.8) is 0 Å². The lowest BCUT2D eigenvalue weighted by Crippen LogP contribution is -2.22. The van der Waals surface area contributed by atoms with E-state index < -0.39 is 0 Å². The second kappa shape index (κ2) is 6.65. The van der Waals surface area contributed by atoms with Crippen LogP contribution in [0.4, 0.5) is 0 Å². The summed E-state index contributed by atoms with van der Waals surface area (Å²) >= 11 is 0. The SMILES string of the molecule is CCn1nc(C)c(C(C)NCCCn2ccnn2)c1C. The van der Waals surface area contributed by atoms with E-state index >= 15 is 0 Å². The number of aryl methyl sites for hydroxylation is 3. The maximum absolute atomic E-state index is 4.57. The van der Waals surface area contributed by atoms with Crippen molar-refractivity contribution in [1.29, 1.82) is 0 Å². The zero-order valence-electron chi connectivity index (χ0n) is 12.8. The standard InChI is InChI=1S/C14H24N6/c1-5-20-13(4)14(12(3)17-20)11(2)15-7-6-9-19-10-8-16-18-19/h8,10-11,15H,5-7,9H2,1-4H3. The first-order valence-electron chi connectivity index (χ1n) is 7.24. The monoisotopic (exact) mass is 276 g/mol. The molecular formula is C14H24N6. The smallest absolute Gasteiger partial charge is 0.0692 e. The van der Waals surface area contributed by atoms with Crippen molar-refractivity contribution >= 4 is 0 Å². The predicted molar refractivity (Wildman–Crippen MR) is 78.4 cm³/mol. The second-order valence-electron chi connectivity index (χ2n) is 5.10. The molecule has 20 heavy (non-hydrogen) atoms. The summed E-state index contributed by atoms with van der Waals surface area (Å²) in [4.78, 5) is 0. The van der Waals surface area contributed by atoms with Crippen LogP contribution in [-0.2, 0) is 13.1 Å². The molecule has 2 aromatic rings. The molecule has 6 nitrogen and oxygen atoms in total. The fourth-order valence-electron chi connectivity index (χ4n) is 2.66. The Morgan fingerprint density at radius 1 is 1.35 bits per heavy atom. The number of nitrogens with zero attached hydrogens (tertiary/aromatic N) is 5. The third-order valence-electron chi connectivity index (χ3n) is 3.66. The molecule has 1 atom stereocenters. The van der Waals surface area contributed by atoms with Gasteiger partial charge in [-0.15, -0.1) is 5.10 Å². The number of aromatic nitrogens is 5. The van der Waals surface area contributed by atoms with Crippen LogP contribution in [0, 0.1) is 13.8 Å². The van der Waals surface area contributed by atoms with E-state index in [2.05, 4.69) is 53.1 Å². The molecule has 0 saturated carbocycles. The van der Waals surface area contributed by atoms with Crippen molar-refractivity contribution < 1.29 is 0 Å². The molecule has 0 fully saturated rings. The highest BCUT2D eigenvalue weighted by molar-refractivity contribution is 5.27. The molecule has 0 spiro atoms. The van der Waals surface area contributed by atoms with Gasteiger partial charge >= 0.3 is 0 Å². The third kappa shape index (κ3) is 3.25. The van der Waals surface area contributed by atoms with E-state index in [0.717, 1.165) is 31.7 Å². The Kier molecular flexibility index (Phi) is 4.89. The number of hydrogen-bond acceptors (Lipinski definition) is 4. The topological polar surface area (TPSA) is 60.6 Å². The van der Waals surface area contributed by atoms with E-state index in [1.54, 1.807) is 6.20 Å². The first-order valence-corrected chi connectivity index (χ1v) is 7.24. The normalized spacial score (nSPS) is 12.8. The molecule has 0 aromatic carbocycles. The Bertz CT molecular complexity index is 528. The molecule has 2 aromatic heterocycles. The maximum atomic E-state index is 4.57. The van der Waals surface area contributed by atoms with Gasteiger partial charge in [0.25, 0.3) is 0 Å². The molecule has 1 N–H and O–H groups in total. The van der Waals surface area contributed by atoms with Gasteiger partial charge in [-0.1, -0.05) is 5.21 Å². The van der Waals surface area contributed by atoms with Crippen LogP contribution in [0.25, 0.3) is 0 Å². The molecule has 0 bridgehead atoms. The quantitative estimate of drug-likeness (QED) is 0.784. The number of nitrogens with one attached hydrogen (secondary N) is 1. The third-order valence-corrected chi connectivity index (χ3v) is 3.66. The summed E-state index contributed by atoms with van der Waals surface area (Å²) in [6, 6.07) is 0.325. The summed E-state index contributed by atoms with van der Waals surface area (Å²) in [6.45, 7) is 11.3. The van der Waals surface area contributed by atoms with Gasteiger partial charge < -0.3 is 5.32 Å². The van der Waals surface area contributed by atoms with E-state index in [1.165, 1.54) is 11.3 Å². The Hall–Kier alpha value is -1.69. The molecular weight excluding hydrogens is 252 g/mol. The lowest BCUT2D eigenvalue weighted by atomic mass is 10.1. The maximum Gasteiger partial charge on any atom is 0.0692 e. The van der Waals surface area contributed by atoms with Gasteiger partial charge in [0.05, 0.1) is 11.9 Å². The van der Waals surface area contributed by atoms with Crippen LogP contribution >= 0.6 is 0 Å². The largest absolute Gasteiger partial charge is 0.310 e. The van der Waals surface area contributed by atoms with Crippen LogP contribution < -0.4 is 5.32 Å². The minimum absolute atomic E-state index is 0.325. The first kappa shape index (κ1) is 14.7. The molecule has 0 aliphatic rings. The molecule has 0 aliphatic carbocycles. The molecule has 110 valence electrons. The van der Waals surface area contributed by atoms with E-state index in [4.69, 9.17) is 0 Å². The Morgan fingerprint density at radius 3 is 2.75 bits per heavy atom. The van der Waals surface area contributed by atoms with Gasteiger partial charge in [-0.2, -0.15) is 5.10 Å². The number of rotatable bonds is 7. The average molecular weight is 276 g/mol. The summed E-state index contributed by atoms with van der Waals surface area (Å²) in [5.74, 6) is 0. The Balaban J connectivity index is 1.85. The van der Waals surface area contributed by atoms with Crippen LogP contribution in [0.15, 0.2) is 12.4 Å². The second-order valence-corrected chi connectivity index (χ2v) is 5.10. The fourth-order valence-corrected chi connectivity index (χ4v) is 2.66. The average Bonchev–Trinajstić information content (AvgIpc) is 3.02. The molecule has 2 rings (SSSR count). The van der Waals surface area contributed by atoms with Crippen molar-refractivity contribution in [3.8, 4) is 0 Å². The highest BCUT2D eigenvalue weighted by Crippen LogP contribution is 2.21. The lowest BCUT2D eigenvalue weighted by Gasteiger charge is -2.15. The fraction of sp³-hybridized carbons (Fsp3) is 0.643. The Labute approximate surface area is 120 Å². The summed E-state index contributed by atoms with van der Waals surface area (Å²) in [5, 5.41) is 15.9. The van der Waals surface area contributed by atoms with Crippen LogP contribution in [0.1, 0.15) is 43.3 Å². The highest BCUT2D eigenvalue weighted by Gasteiger charge is 2.16. The zero-order valence-corrected chi connectivity index (χ0v) is 12.8. The van der Waals surface area contributed by atoms with E-state index in [9.17, 15) is 0 Å². The summed E-state index contributed by atoms with van der Waals surface area (Å²) < 4.78 is 3.93. The molecule has 0 radical (unpaired) electrons. The summed E-state index contributed by atoms with van der Waals surface area (Å²) in [5.41, 5.74) is 3.72. The van der Waals surface area contributed by atoms with Gasteiger partial charge in [-0.3, -0.25) is 9.36 Å². The van der Waals surface area contributed by atoms with Gasteiger partial charge in [0.15, 0.2) is 0 Å². The lowest BCUT2D eigenvalue weighted by molar-refractivity contribution is 0.497. The highest BCUT2D eigenvalue weighted by atomic mass is 15.4. The zero-order chi connectivity index (χ0) is 14.5. The van der Waals surface area contributed by atoms with E-state index in [1.807, 2.05) is 10.9 Å². The minimum Gasteiger partial charge on any atom is -0.310 e. The van der Waals surface area contributed by atoms with Crippen molar-refractivity contribution in [1.82, 2.24) is 30.1 Å². The molecule has 1 unspecified atom stereocenters. The molecule has 2 heterocycles. The summed E-state index contributed by atoms with van der Waals surface area (Å²) in [7, 11) is 0. The number of hydrogen-bond donors (Lipinski definition) is 1. The molecule has 0 aliphatic heterocycles. The van der Waals surface area contributed by atoms with Gasteiger partial charge in [0.1, 0.15) is 0 Å². The van der Waals surface area contributed by atoms with Gasteiger partial charge in [0, 0.05) is 36.6 Å².